The van der Waals surface area contributed by atoms with E-state index in [-0.39, 0.29) is 17.7 Å². The van der Waals surface area contributed by atoms with E-state index in [4.69, 9.17) is 23.2 Å². The van der Waals surface area contributed by atoms with E-state index in [1.54, 1.807) is 6.07 Å². The van der Waals surface area contributed by atoms with Gasteiger partial charge in [0, 0.05) is 42.8 Å². The van der Waals surface area contributed by atoms with Crippen LogP contribution in [-0.4, -0.2) is 48.9 Å². The van der Waals surface area contributed by atoms with Crippen molar-refractivity contribution in [2.24, 2.45) is 5.92 Å². The van der Waals surface area contributed by atoms with Gasteiger partial charge in [-0.15, -0.1) is 0 Å². The van der Waals surface area contributed by atoms with E-state index in [1.165, 1.54) is 0 Å². The zero-order valence-corrected chi connectivity index (χ0v) is 21.4. The first-order valence-electron chi connectivity index (χ1n) is 10.8. The summed E-state index contributed by atoms with van der Waals surface area (Å²) >= 11 is 15.6. The minimum atomic E-state index is -0.524. The molecule has 1 unspecified atom stereocenters. The molecule has 0 aliphatic carbocycles. The fraction of sp³-hybridized carbons (Fsp3) is 0.417. The number of carbonyl (C=O) groups excluding carboxylic acids is 2. The van der Waals surface area contributed by atoms with Crippen LogP contribution >= 0.6 is 39.1 Å². The molecule has 0 spiro atoms. The van der Waals surface area contributed by atoms with Gasteiger partial charge < -0.3 is 15.1 Å². The lowest BCUT2D eigenvalue weighted by atomic mass is 10.0. The van der Waals surface area contributed by atoms with Crippen molar-refractivity contribution in [1.82, 2.24) is 10.2 Å². The summed E-state index contributed by atoms with van der Waals surface area (Å²) in [4.78, 5) is 29.8. The van der Waals surface area contributed by atoms with Crippen molar-refractivity contribution in [2.45, 2.75) is 32.7 Å². The van der Waals surface area contributed by atoms with Gasteiger partial charge in [-0.3, -0.25) is 9.59 Å². The van der Waals surface area contributed by atoms with Crippen LogP contribution < -0.4 is 10.2 Å². The summed E-state index contributed by atoms with van der Waals surface area (Å²) in [6, 6.07) is 13.0. The molecule has 1 aliphatic heterocycles. The monoisotopic (exact) mass is 539 g/mol. The van der Waals surface area contributed by atoms with Crippen LogP contribution in [0, 0.1) is 5.92 Å². The number of benzene rings is 2. The van der Waals surface area contributed by atoms with E-state index < -0.39 is 6.04 Å². The summed E-state index contributed by atoms with van der Waals surface area (Å²) < 4.78 is 1.01. The average Bonchev–Trinajstić information content (AvgIpc) is 2.78. The van der Waals surface area contributed by atoms with Gasteiger partial charge in [-0.05, 0) is 48.2 Å². The van der Waals surface area contributed by atoms with Crippen molar-refractivity contribution >= 4 is 56.6 Å². The van der Waals surface area contributed by atoms with Gasteiger partial charge in [0.05, 0.1) is 10.0 Å². The number of hydrogen-bond acceptors (Lipinski definition) is 3. The number of anilines is 1. The summed E-state index contributed by atoms with van der Waals surface area (Å²) in [5.41, 5.74) is 2.09. The van der Waals surface area contributed by atoms with Gasteiger partial charge in [0.15, 0.2) is 0 Å². The summed E-state index contributed by atoms with van der Waals surface area (Å²) in [5.74, 6) is -0.118. The fourth-order valence-electron chi connectivity index (χ4n) is 3.73. The lowest BCUT2D eigenvalue weighted by Gasteiger charge is -2.38. The van der Waals surface area contributed by atoms with Crippen molar-refractivity contribution in [1.29, 1.82) is 0 Å². The third kappa shape index (κ3) is 6.63. The van der Waals surface area contributed by atoms with E-state index in [0.717, 1.165) is 15.7 Å². The van der Waals surface area contributed by atoms with Crippen LogP contribution in [-0.2, 0) is 16.0 Å². The first kappa shape index (κ1) is 24.9. The largest absolute Gasteiger partial charge is 0.368 e. The molecule has 0 bridgehead atoms. The fourth-order valence-corrected chi connectivity index (χ4v) is 4.29. The molecule has 172 valence electrons. The summed E-state index contributed by atoms with van der Waals surface area (Å²) in [5, 5.41) is 4.02. The van der Waals surface area contributed by atoms with Crippen molar-refractivity contribution in [3.8, 4) is 0 Å². The van der Waals surface area contributed by atoms with E-state index in [1.807, 2.05) is 55.1 Å². The zero-order chi connectivity index (χ0) is 23.3. The molecule has 8 heteroatoms. The van der Waals surface area contributed by atoms with E-state index >= 15 is 0 Å². The Labute approximate surface area is 208 Å². The van der Waals surface area contributed by atoms with Crippen LogP contribution in [0.25, 0.3) is 0 Å². The predicted molar refractivity (Wildman–Crippen MR) is 134 cm³/mol. The Balaban J connectivity index is 1.53. The molecule has 2 amide bonds. The van der Waals surface area contributed by atoms with Gasteiger partial charge in [0.2, 0.25) is 11.8 Å². The molecule has 0 saturated carbocycles. The van der Waals surface area contributed by atoms with Crippen molar-refractivity contribution < 1.29 is 9.59 Å². The second kappa shape index (κ2) is 11.4. The second-order valence-electron chi connectivity index (χ2n) is 8.33. The number of piperazine rings is 1. The molecule has 1 heterocycles. The molecule has 1 atom stereocenters. The molecule has 0 aromatic heterocycles. The molecule has 1 aliphatic rings. The Hall–Kier alpha value is -1.76. The Morgan fingerprint density at radius 3 is 2.25 bits per heavy atom. The number of halogens is 3. The van der Waals surface area contributed by atoms with Crippen LogP contribution in [0.2, 0.25) is 10.0 Å². The molecular weight excluding hydrogens is 513 g/mol. The molecule has 32 heavy (non-hydrogen) atoms. The van der Waals surface area contributed by atoms with E-state index in [0.29, 0.717) is 49.1 Å². The molecule has 3 rings (SSSR count). The van der Waals surface area contributed by atoms with Gasteiger partial charge in [-0.1, -0.05) is 65.1 Å². The van der Waals surface area contributed by atoms with Gasteiger partial charge in [-0.2, -0.15) is 0 Å². The molecule has 5 nitrogen and oxygen atoms in total. The highest BCUT2D eigenvalue weighted by Crippen LogP contribution is 2.28. The SMILES string of the molecule is CC(C)C(NC(=O)CCc1ccc(Br)cc1)C(=O)N1CCN(c2ccc(Cl)c(Cl)c2)CC1. The second-order valence-corrected chi connectivity index (χ2v) is 10.1. The molecule has 2 aromatic carbocycles. The van der Waals surface area contributed by atoms with Crippen LogP contribution in [0.3, 0.4) is 0 Å². The maximum Gasteiger partial charge on any atom is 0.245 e. The quantitative estimate of drug-likeness (QED) is 0.526. The third-order valence-electron chi connectivity index (χ3n) is 5.66. The maximum absolute atomic E-state index is 13.2. The number of rotatable bonds is 7. The normalized spacial score (nSPS) is 15.1. The molecule has 0 radical (unpaired) electrons. The van der Waals surface area contributed by atoms with Crippen molar-refractivity contribution in [2.75, 3.05) is 31.1 Å². The van der Waals surface area contributed by atoms with Crippen LogP contribution in [0.5, 0.6) is 0 Å². The predicted octanol–water partition coefficient (Wildman–Crippen LogP) is 5.18. The first-order chi connectivity index (χ1) is 15.2. The van der Waals surface area contributed by atoms with Crippen molar-refractivity contribution in [3.63, 3.8) is 0 Å². The molecule has 1 N–H and O–H groups in total. The highest BCUT2D eigenvalue weighted by atomic mass is 79.9. The first-order valence-corrected chi connectivity index (χ1v) is 12.3. The van der Waals surface area contributed by atoms with Crippen LogP contribution in [0.15, 0.2) is 46.9 Å². The topological polar surface area (TPSA) is 52.7 Å². The number of nitrogens with zero attached hydrogens (tertiary/aromatic N) is 2. The van der Waals surface area contributed by atoms with Crippen molar-refractivity contribution in [3.05, 3.63) is 62.5 Å². The lowest BCUT2D eigenvalue weighted by molar-refractivity contribution is -0.138. The van der Waals surface area contributed by atoms with Gasteiger partial charge >= 0.3 is 0 Å². The molecule has 2 aromatic rings. The average molecular weight is 541 g/mol. The summed E-state index contributed by atoms with van der Waals surface area (Å²) in [7, 11) is 0. The smallest absolute Gasteiger partial charge is 0.245 e. The highest BCUT2D eigenvalue weighted by molar-refractivity contribution is 9.10. The van der Waals surface area contributed by atoms with E-state index in [9.17, 15) is 9.59 Å². The van der Waals surface area contributed by atoms with Gasteiger partial charge in [0.25, 0.3) is 0 Å². The maximum atomic E-state index is 13.2. The summed E-state index contributed by atoms with van der Waals surface area (Å²) in [6.45, 7) is 6.51. The minimum Gasteiger partial charge on any atom is -0.368 e. The molecule has 1 fully saturated rings. The Kier molecular flexibility index (Phi) is 8.86. The Morgan fingerprint density at radius 1 is 1.00 bits per heavy atom. The van der Waals surface area contributed by atoms with Crippen LogP contribution in [0.1, 0.15) is 25.8 Å². The minimum absolute atomic E-state index is 0.00670. The number of hydrogen-bond donors (Lipinski definition) is 1. The van der Waals surface area contributed by atoms with Gasteiger partial charge in [0.1, 0.15) is 6.04 Å². The van der Waals surface area contributed by atoms with E-state index in [2.05, 4.69) is 26.1 Å². The number of aryl methyl sites for hydroxylation is 1. The Morgan fingerprint density at radius 2 is 1.66 bits per heavy atom. The summed E-state index contributed by atoms with van der Waals surface area (Å²) in [6.07, 6.45) is 0.990. The standard InChI is InChI=1S/C24H28BrCl2N3O2/c1-16(2)23(28-22(31)10-5-17-3-6-18(25)7-4-17)24(32)30-13-11-29(12-14-30)19-8-9-20(26)21(27)15-19/h3-4,6-9,15-16,23H,5,10-14H2,1-2H3,(H,28,31). The lowest BCUT2D eigenvalue weighted by Crippen LogP contribution is -2.56. The molecule has 1 saturated heterocycles. The number of nitrogens with one attached hydrogen (secondary N) is 1. The Bertz CT molecular complexity index is 945. The number of carbonyl (C=O) groups is 2. The zero-order valence-electron chi connectivity index (χ0n) is 18.3. The highest BCUT2D eigenvalue weighted by Gasteiger charge is 2.30. The van der Waals surface area contributed by atoms with Crippen LogP contribution in [0.4, 0.5) is 5.69 Å². The van der Waals surface area contributed by atoms with Gasteiger partial charge in [-0.25, -0.2) is 0 Å². The molecular formula is C24H28BrCl2N3O2. The number of amides is 2. The third-order valence-corrected chi connectivity index (χ3v) is 6.93.